The molecule has 0 radical (unpaired) electrons. The fourth-order valence-electron chi connectivity index (χ4n) is 7.00. The summed E-state index contributed by atoms with van der Waals surface area (Å²) >= 11 is 0. The van der Waals surface area contributed by atoms with Crippen molar-refractivity contribution in [3.05, 3.63) is 77.9 Å². The molecule has 2 amide bonds. The highest BCUT2D eigenvalue weighted by Gasteiger charge is 2.49. The lowest BCUT2D eigenvalue weighted by molar-refractivity contribution is -0.158. The number of carbonyl (C=O) groups is 4. The number of rotatable bonds is 11. The summed E-state index contributed by atoms with van der Waals surface area (Å²) in [5.74, 6) is -2.79. The summed E-state index contributed by atoms with van der Waals surface area (Å²) in [6.45, 7) is 1.43. The van der Waals surface area contributed by atoms with Crippen molar-refractivity contribution in [1.82, 2.24) is 4.90 Å². The molecule has 1 aliphatic carbocycles. The number of para-hydroxylation sites is 1. The van der Waals surface area contributed by atoms with Gasteiger partial charge >= 0.3 is 11.9 Å². The molecule has 5 rings (SSSR count). The van der Waals surface area contributed by atoms with Crippen LogP contribution < -0.4 is 5.32 Å². The molecule has 1 saturated carbocycles. The topological polar surface area (TPSA) is 113 Å². The number of fused-ring (bicyclic) bond motifs is 2. The number of amides is 2. The Kier molecular flexibility index (Phi) is 9.43. The minimum Gasteiger partial charge on any atom is -0.480 e. The van der Waals surface area contributed by atoms with Crippen LogP contribution in [-0.2, 0) is 36.8 Å². The molecule has 1 fully saturated rings. The first-order chi connectivity index (χ1) is 20.8. The highest BCUT2D eigenvalue weighted by molar-refractivity contribution is 6.00. The Labute approximate surface area is 252 Å². The zero-order chi connectivity index (χ0) is 30.4. The van der Waals surface area contributed by atoms with E-state index in [0.29, 0.717) is 44.2 Å². The van der Waals surface area contributed by atoms with Gasteiger partial charge < -0.3 is 20.1 Å². The van der Waals surface area contributed by atoms with E-state index in [2.05, 4.69) is 29.6 Å². The Morgan fingerprint density at radius 3 is 2.51 bits per heavy atom. The zero-order valence-corrected chi connectivity index (χ0v) is 24.7. The molecular weight excluding hydrogens is 544 g/mol. The van der Waals surface area contributed by atoms with E-state index >= 15 is 0 Å². The second-order valence-corrected chi connectivity index (χ2v) is 11.8. The molecule has 2 unspecified atom stereocenters. The molecule has 3 aromatic rings. The summed E-state index contributed by atoms with van der Waals surface area (Å²) < 4.78 is 5.50. The molecule has 8 heteroatoms. The summed E-state index contributed by atoms with van der Waals surface area (Å²) in [5, 5.41) is 15.0. The van der Waals surface area contributed by atoms with Crippen LogP contribution in [0, 0.1) is 11.3 Å². The Morgan fingerprint density at radius 1 is 1.02 bits per heavy atom. The number of nitrogens with zero attached hydrogens (tertiary/aromatic N) is 1. The largest absolute Gasteiger partial charge is 0.480 e. The van der Waals surface area contributed by atoms with Crippen LogP contribution in [0.1, 0.15) is 63.0 Å². The summed E-state index contributed by atoms with van der Waals surface area (Å²) in [4.78, 5) is 54.6. The number of hydrogen-bond acceptors (Lipinski definition) is 5. The molecule has 1 aliphatic heterocycles. The van der Waals surface area contributed by atoms with Crippen LogP contribution in [0.4, 0.5) is 5.69 Å². The van der Waals surface area contributed by atoms with Crippen molar-refractivity contribution in [3.8, 4) is 0 Å². The van der Waals surface area contributed by atoms with Gasteiger partial charge in [0.25, 0.3) is 0 Å². The molecule has 2 N–H and O–H groups in total. The number of aliphatic carboxylic acids is 1. The Hall–Kier alpha value is -4.20. The van der Waals surface area contributed by atoms with Crippen LogP contribution in [0.2, 0.25) is 0 Å². The molecule has 43 heavy (non-hydrogen) atoms. The predicted molar refractivity (Wildman–Crippen MR) is 164 cm³/mol. The van der Waals surface area contributed by atoms with E-state index in [-0.39, 0.29) is 30.8 Å². The van der Waals surface area contributed by atoms with Gasteiger partial charge in [-0.25, -0.2) is 0 Å². The van der Waals surface area contributed by atoms with Gasteiger partial charge in [0.1, 0.15) is 12.6 Å². The number of carboxylic acids is 1. The van der Waals surface area contributed by atoms with E-state index in [1.54, 1.807) is 6.92 Å². The van der Waals surface area contributed by atoms with E-state index in [1.165, 1.54) is 4.90 Å². The second-order valence-electron chi connectivity index (χ2n) is 11.8. The second kappa shape index (κ2) is 13.4. The molecule has 3 aromatic carbocycles. The van der Waals surface area contributed by atoms with Gasteiger partial charge in [0.05, 0.1) is 17.9 Å². The molecule has 1 heterocycles. The fourth-order valence-corrected chi connectivity index (χ4v) is 7.00. The predicted octanol–water partition coefficient (Wildman–Crippen LogP) is 5.77. The van der Waals surface area contributed by atoms with Crippen molar-refractivity contribution in [2.75, 3.05) is 18.5 Å². The molecule has 0 spiro atoms. The van der Waals surface area contributed by atoms with E-state index in [1.807, 2.05) is 42.5 Å². The van der Waals surface area contributed by atoms with E-state index in [0.717, 1.165) is 34.7 Å². The van der Waals surface area contributed by atoms with E-state index in [9.17, 15) is 24.3 Å². The molecular formula is C35H40N2O6. The standard InChI is InChI=1S/C35H40N2O6/c1-2-43-33(41)27(17-16-25-13-9-12-24-10-3-5-14-28(24)25)22-35(20-7-8-21-35)34(42)37(23-31(38)39)30-19-18-26-11-4-6-15-29(26)36-32(30)40/h3-6,9-15,27,30H,2,7-8,16-23H2,1H3,(H,36,40)(H,38,39). The van der Waals surface area contributed by atoms with Crippen molar-refractivity contribution in [1.29, 1.82) is 0 Å². The quantitative estimate of drug-likeness (QED) is 0.277. The smallest absolute Gasteiger partial charge is 0.323 e. The SMILES string of the molecule is CCOC(=O)C(CCc1cccc2ccccc12)CC1(C(=O)N(CC(=O)O)C2CCc3ccccc3NC2=O)CCCC1. The molecule has 0 bridgehead atoms. The lowest BCUT2D eigenvalue weighted by Gasteiger charge is -2.38. The number of aryl methyl sites for hydroxylation is 2. The number of carbonyl (C=O) groups excluding carboxylic acids is 3. The van der Waals surface area contributed by atoms with Crippen molar-refractivity contribution >= 4 is 40.2 Å². The van der Waals surface area contributed by atoms with Crippen molar-refractivity contribution in [2.45, 2.75) is 70.8 Å². The van der Waals surface area contributed by atoms with E-state index in [4.69, 9.17) is 4.74 Å². The van der Waals surface area contributed by atoms with Gasteiger partial charge in [0.2, 0.25) is 11.8 Å². The third-order valence-corrected chi connectivity index (χ3v) is 9.12. The first-order valence-corrected chi connectivity index (χ1v) is 15.4. The zero-order valence-electron chi connectivity index (χ0n) is 24.7. The van der Waals surface area contributed by atoms with Gasteiger partial charge in [-0.2, -0.15) is 0 Å². The highest BCUT2D eigenvalue weighted by Crippen LogP contribution is 2.46. The number of anilines is 1. The Bertz CT molecular complexity index is 1490. The van der Waals surface area contributed by atoms with E-state index < -0.39 is 29.9 Å². The number of hydrogen-bond donors (Lipinski definition) is 2. The summed E-state index contributed by atoms with van der Waals surface area (Å²) in [7, 11) is 0. The number of nitrogens with one attached hydrogen (secondary N) is 1. The maximum absolute atomic E-state index is 14.5. The normalized spacial score (nSPS) is 18.3. The number of esters is 1. The van der Waals surface area contributed by atoms with Gasteiger partial charge in [-0.1, -0.05) is 73.5 Å². The number of carboxylic acid groups (broad SMARTS) is 1. The molecule has 2 atom stereocenters. The molecule has 2 aliphatic rings. The Morgan fingerprint density at radius 2 is 1.74 bits per heavy atom. The summed E-state index contributed by atoms with van der Waals surface area (Å²) in [5.41, 5.74) is 1.82. The molecule has 0 aromatic heterocycles. The number of benzene rings is 3. The van der Waals surface area contributed by atoms with Crippen LogP contribution in [0.5, 0.6) is 0 Å². The average molecular weight is 585 g/mol. The minimum atomic E-state index is -1.17. The van der Waals surface area contributed by atoms with Gasteiger partial charge in [-0.15, -0.1) is 0 Å². The number of ether oxygens (including phenoxy) is 1. The maximum atomic E-state index is 14.5. The van der Waals surface area contributed by atoms with Crippen LogP contribution in [-0.4, -0.2) is 53.0 Å². The lowest BCUT2D eigenvalue weighted by Crippen LogP contribution is -2.54. The Balaban J connectivity index is 1.42. The molecule has 0 saturated heterocycles. The van der Waals surface area contributed by atoms with Gasteiger partial charge in [0.15, 0.2) is 0 Å². The first-order valence-electron chi connectivity index (χ1n) is 15.4. The van der Waals surface area contributed by atoms with Crippen LogP contribution in [0.15, 0.2) is 66.7 Å². The highest BCUT2D eigenvalue weighted by atomic mass is 16.5. The summed E-state index contributed by atoms with van der Waals surface area (Å²) in [6.07, 6.45) is 4.94. The van der Waals surface area contributed by atoms with Crippen molar-refractivity contribution in [2.24, 2.45) is 11.3 Å². The third kappa shape index (κ3) is 6.74. The van der Waals surface area contributed by atoms with Gasteiger partial charge in [0, 0.05) is 5.69 Å². The lowest BCUT2D eigenvalue weighted by atomic mass is 9.74. The van der Waals surface area contributed by atoms with Gasteiger partial charge in [-0.3, -0.25) is 19.2 Å². The van der Waals surface area contributed by atoms with Crippen molar-refractivity contribution < 1.29 is 29.0 Å². The fraction of sp³-hybridized carbons (Fsp3) is 0.429. The molecule has 8 nitrogen and oxygen atoms in total. The van der Waals surface area contributed by atoms with Crippen LogP contribution >= 0.6 is 0 Å². The van der Waals surface area contributed by atoms with Crippen LogP contribution in [0.3, 0.4) is 0 Å². The van der Waals surface area contributed by atoms with Crippen molar-refractivity contribution in [3.63, 3.8) is 0 Å². The average Bonchev–Trinajstić information content (AvgIpc) is 3.42. The third-order valence-electron chi connectivity index (χ3n) is 9.12. The first kappa shape index (κ1) is 30.3. The monoisotopic (exact) mass is 584 g/mol. The van der Waals surface area contributed by atoms with Gasteiger partial charge in [-0.05, 0) is 79.8 Å². The maximum Gasteiger partial charge on any atom is 0.323 e. The molecule has 226 valence electrons. The van der Waals surface area contributed by atoms with Crippen LogP contribution in [0.25, 0.3) is 10.8 Å². The minimum absolute atomic E-state index is 0.235. The summed E-state index contributed by atoms with van der Waals surface area (Å²) in [6, 6.07) is 20.8.